The van der Waals surface area contributed by atoms with Crippen LogP contribution in [0.2, 0.25) is 0 Å². The summed E-state index contributed by atoms with van der Waals surface area (Å²) in [6.07, 6.45) is -0.866. The number of sulfonamides is 1. The van der Waals surface area contributed by atoms with Crippen molar-refractivity contribution < 1.29 is 27.1 Å². The highest BCUT2D eigenvalue weighted by molar-refractivity contribution is 7.92. The number of carbonyl (C=O) groups is 2. The van der Waals surface area contributed by atoms with E-state index in [1.807, 2.05) is 0 Å². The molecular weight excluding hydrogens is 447 g/mol. The van der Waals surface area contributed by atoms with Gasteiger partial charge in [-0.3, -0.25) is 9.52 Å². The monoisotopic (exact) mass is 470 g/mol. The van der Waals surface area contributed by atoms with Gasteiger partial charge < -0.3 is 10.1 Å². The molecule has 0 saturated carbocycles. The average molecular weight is 471 g/mol. The van der Waals surface area contributed by atoms with Crippen LogP contribution in [0.25, 0.3) is 0 Å². The molecule has 0 bridgehead atoms. The van der Waals surface area contributed by atoms with E-state index in [2.05, 4.69) is 10.0 Å². The second kappa shape index (κ2) is 10.3. The number of hydrogen-bond donors (Lipinski definition) is 2. The molecular formula is C24H23FN2O5S. The quantitative estimate of drug-likeness (QED) is 0.472. The zero-order chi connectivity index (χ0) is 24.0. The van der Waals surface area contributed by atoms with Crippen molar-refractivity contribution in [2.45, 2.75) is 31.3 Å². The number of anilines is 2. The molecule has 1 amide bonds. The van der Waals surface area contributed by atoms with Crippen LogP contribution in [0.5, 0.6) is 0 Å². The fraction of sp³-hybridized carbons (Fsp3) is 0.167. The molecule has 0 aromatic heterocycles. The molecule has 1 atom stereocenters. The molecule has 0 fully saturated rings. The summed E-state index contributed by atoms with van der Waals surface area (Å²) >= 11 is 0. The van der Waals surface area contributed by atoms with E-state index in [1.54, 1.807) is 49.4 Å². The van der Waals surface area contributed by atoms with Crippen LogP contribution in [-0.2, 0) is 19.6 Å². The van der Waals surface area contributed by atoms with Gasteiger partial charge in [-0.25, -0.2) is 17.6 Å². The number of rotatable bonds is 8. The highest BCUT2D eigenvalue weighted by Gasteiger charge is 2.25. The van der Waals surface area contributed by atoms with Crippen LogP contribution in [0.3, 0.4) is 0 Å². The molecule has 9 heteroatoms. The van der Waals surface area contributed by atoms with Crippen molar-refractivity contribution in [3.63, 3.8) is 0 Å². The van der Waals surface area contributed by atoms with Gasteiger partial charge in [0.15, 0.2) is 6.10 Å². The maximum absolute atomic E-state index is 13.4. The van der Waals surface area contributed by atoms with Crippen molar-refractivity contribution in [3.8, 4) is 0 Å². The summed E-state index contributed by atoms with van der Waals surface area (Å²) in [7, 11) is -4.11. The highest BCUT2D eigenvalue weighted by atomic mass is 32.2. The van der Waals surface area contributed by atoms with E-state index >= 15 is 0 Å². The Hall–Kier alpha value is -3.72. The van der Waals surface area contributed by atoms with Crippen LogP contribution in [0.1, 0.15) is 29.3 Å². The predicted molar refractivity (Wildman–Crippen MR) is 123 cm³/mol. The number of hydrogen-bond acceptors (Lipinski definition) is 5. The molecule has 0 aliphatic heterocycles. The molecule has 2 N–H and O–H groups in total. The molecule has 0 heterocycles. The smallest absolute Gasteiger partial charge is 0.341 e. The van der Waals surface area contributed by atoms with Gasteiger partial charge in [-0.2, -0.15) is 0 Å². The number of carbonyl (C=O) groups excluding carboxylic acids is 2. The van der Waals surface area contributed by atoms with Gasteiger partial charge in [0.2, 0.25) is 0 Å². The normalized spacial score (nSPS) is 12.0. The maximum atomic E-state index is 13.4. The minimum absolute atomic E-state index is 0.0236. The Kier molecular flexibility index (Phi) is 7.44. The third-order valence-electron chi connectivity index (χ3n) is 4.77. The van der Waals surface area contributed by atoms with E-state index in [9.17, 15) is 22.4 Å². The summed E-state index contributed by atoms with van der Waals surface area (Å²) in [5.41, 5.74) is 0.683. The van der Waals surface area contributed by atoms with Gasteiger partial charge in [-0.05, 0) is 61.4 Å². The number of para-hydroxylation sites is 2. The van der Waals surface area contributed by atoms with Crippen LogP contribution in [0.15, 0.2) is 77.7 Å². The zero-order valence-corrected chi connectivity index (χ0v) is 18.9. The highest BCUT2D eigenvalue weighted by Crippen LogP contribution is 2.24. The number of aryl methyl sites for hydroxylation is 1. The molecule has 3 aromatic rings. The molecule has 7 nitrogen and oxygen atoms in total. The fourth-order valence-corrected chi connectivity index (χ4v) is 4.43. The number of esters is 1. The second-order valence-electron chi connectivity index (χ2n) is 7.22. The van der Waals surface area contributed by atoms with Gasteiger partial charge >= 0.3 is 5.97 Å². The number of halogens is 1. The first kappa shape index (κ1) is 23.9. The first-order chi connectivity index (χ1) is 15.7. The molecule has 33 heavy (non-hydrogen) atoms. The summed E-state index contributed by atoms with van der Waals surface area (Å²) in [4.78, 5) is 25.3. The summed E-state index contributed by atoms with van der Waals surface area (Å²) < 4.78 is 46.8. The molecule has 0 aliphatic rings. The average Bonchev–Trinajstić information content (AvgIpc) is 2.77. The van der Waals surface area contributed by atoms with Crippen LogP contribution in [-0.4, -0.2) is 26.4 Å². The zero-order valence-electron chi connectivity index (χ0n) is 18.0. The Bertz CT molecular complexity index is 1260. The van der Waals surface area contributed by atoms with E-state index in [-0.39, 0.29) is 28.1 Å². The topological polar surface area (TPSA) is 102 Å². The summed E-state index contributed by atoms with van der Waals surface area (Å²) in [6.45, 7) is 3.16. The lowest BCUT2D eigenvalue weighted by Gasteiger charge is -2.18. The summed E-state index contributed by atoms with van der Waals surface area (Å²) in [5, 5.41) is 2.68. The molecule has 0 spiro atoms. The largest absolute Gasteiger partial charge is 0.449 e. The Morgan fingerprint density at radius 2 is 1.67 bits per heavy atom. The number of nitrogens with one attached hydrogen (secondary N) is 2. The van der Waals surface area contributed by atoms with Crippen LogP contribution >= 0.6 is 0 Å². The van der Waals surface area contributed by atoms with Gasteiger partial charge in [-0.1, -0.05) is 37.3 Å². The molecule has 0 saturated heterocycles. The Morgan fingerprint density at radius 1 is 1.00 bits per heavy atom. The van der Waals surface area contributed by atoms with E-state index < -0.39 is 33.8 Å². The van der Waals surface area contributed by atoms with Crippen molar-refractivity contribution in [2.24, 2.45) is 0 Å². The number of amides is 1. The molecule has 1 unspecified atom stereocenters. The summed E-state index contributed by atoms with van der Waals surface area (Å²) in [6, 6.07) is 17.9. The first-order valence-corrected chi connectivity index (χ1v) is 11.6. The Balaban J connectivity index is 1.80. The maximum Gasteiger partial charge on any atom is 0.341 e. The van der Waals surface area contributed by atoms with Gasteiger partial charge in [0.1, 0.15) is 5.82 Å². The lowest BCUT2D eigenvalue weighted by molar-refractivity contribution is -0.124. The molecule has 0 radical (unpaired) electrons. The molecule has 3 aromatic carbocycles. The van der Waals surface area contributed by atoms with E-state index in [0.717, 1.165) is 18.2 Å². The standard InChI is InChI=1S/C24H23FN2O5S/c1-3-21(23(28)26-18-9-5-4-6-10-18)32-24(29)19-11-7-8-12-20(19)27-33(30,31)22-14-13-17(25)15-16(22)2/h4-15,21,27H,3H2,1-2H3,(H,26,28). The third-order valence-corrected chi connectivity index (χ3v) is 6.30. The lowest BCUT2D eigenvalue weighted by Crippen LogP contribution is -2.32. The minimum Gasteiger partial charge on any atom is -0.449 e. The SMILES string of the molecule is CCC(OC(=O)c1ccccc1NS(=O)(=O)c1ccc(F)cc1C)C(=O)Nc1ccccc1. The Morgan fingerprint density at radius 3 is 2.33 bits per heavy atom. The van der Waals surface area contributed by atoms with Gasteiger partial charge in [0, 0.05) is 5.69 Å². The van der Waals surface area contributed by atoms with Crippen LogP contribution < -0.4 is 10.0 Å². The molecule has 0 aliphatic carbocycles. The van der Waals surface area contributed by atoms with E-state index in [0.29, 0.717) is 5.69 Å². The number of benzene rings is 3. The first-order valence-electron chi connectivity index (χ1n) is 10.2. The van der Waals surface area contributed by atoms with Crippen molar-refractivity contribution >= 4 is 33.3 Å². The number of ether oxygens (including phenoxy) is 1. The molecule has 3 rings (SSSR count). The lowest BCUT2D eigenvalue weighted by atomic mass is 10.2. The Labute approximate surface area is 191 Å². The molecule has 172 valence electrons. The van der Waals surface area contributed by atoms with Crippen molar-refractivity contribution in [1.82, 2.24) is 0 Å². The van der Waals surface area contributed by atoms with Crippen molar-refractivity contribution in [3.05, 3.63) is 89.7 Å². The van der Waals surface area contributed by atoms with Crippen molar-refractivity contribution in [2.75, 3.05) is 10.0 Å². The van der Waals surface area contributed by atoms with Crippen LogP contribution in [0.4, 0.5) is 15.8 Å². The van der Waals surface area contributed by atoms with Gasteiger partial charge in [0.05, 0.1) is 16.1 Å². The van der Waals surface area contributed by atoms with Crippen molar-refractivity contribution in [1.29, 1.82) is 0 Å². The third kappa shape index (κ3) is 5.95. The minimum atomic E-state index is -4.11. The van der Waals surface area contributed by atoms with E-state index in [1.165, 1.54) is 19.1 Å². The van der Waals surface area contributed by atoms with Crippen LogP contribution in [0, 0.1) is 12.7 Å². The predicted octanol–water partition coefficient (Wildman–Crippen LogP) is 4.51. The van der Waals surface area contributed by atoms with E-state index in [4.69, 9.17) is 4.74 Å². The van der Waals surface area contributed by atoms with Gasteiger partial charge in [0.25, 0.3) is 15.9 Å². The fourth-order valence-electron chi connectivity index (χ4n) is 3.12. The van der Waals surface area contributed by atoms with Gasteiger partial charge in [-0.15, -0.1) is 0 Å². The second-order valence-corrected chi connectivity index (χ2v) is 8.87. The summed E-state index contributed by atoms with van der Waals surface area (Å²) in [5.74, 6) is -1.92.